The Balaban J connectivity index is 1.33. The van der Waals surface area contributed by atoms with Crippen LogP contribution in [0.4, 0.5) is 22.7 Å². The molecular formula is C36H29N3O2. The SMILES string of the molecule is CN1c2ccccc2C(C)(C)c2c1ccc1cc(C=C3C(=O)N(c4ccccc4)N(c4ccccc4)C3=O)ccc21. The molecule has 5 aromatic rings. The van der Waals surface area contributed by atoms with E-state index in [-0.39, 0.29) is 22.8 Å². The molecule has 0 N–H and O–H groups in total. The van der Waals surface area contributed by atoms with Crippen LogP contribution in [0.15, 0.2) is 121 Å². The Labute approximate surface area is 239 Å². The molecule has 0 atom stereocenters. The Morgan fingerprint density at radius 1 is 0.634 bits per heavy atom. The van der Waals surface area contributed by atoms with Crippen LogP contribution in [-0.2, 0) is 15.0 Å². The lowest BCUT2D eigenvalue weighted by atomic mass is 9.72. The molecule has 41 heavy (non-hydrogen) atoms. The van der Waals surface area contributed by atoms with E-state index in [1.165, 1.54) is 32.5 Å². The summed E-state index contributed by atoms with van der Waals surface area (Å²) < 4.78 is 0. The van der Waals surface area contributed by atoms with E-state index in [0.717, 1.165) is 16.3 Å². The molecule has 0 unspecified atom stereocenters. The van der Waals surface area contributed by atoms with Crippen molar-refractivity contribution in [3.63, 3.8) is 0 Å². The van der Waals surface area contributed by atoms with E-state index in [0.29, 0.717) is 11.4 Å². The normalized spacial score (nSPS) is 15.8. The molecule has 0 saturated carbocycles. The predicted octanol–water partition coefficient (Wildman–Crippen LogP) is 7.63. The fourth-order valence-electron chi connectivity index (χ4n) is 6.32. The van der Waals surface area contributed by atoms with Crippen LogP contribution in [0.3, 0.4) is 0 Å². The number of nitrogens with zero attached hydrogens (tertiary/aromatic N) is 3. The molecule has 2 aliphatic heterocycles. The summed E-state index contributed by atoms with van der Waals surface area (Å²) in [7, 11) is 2.12. The Hall–Kier alpha value is -5.16. The highest BCUT2D eigenvalue weighted by molar-refractivity contribution is 6.38. The van der Waals surface area contributed by atoms with E-state index < -0.39 is 0 Å². The van der Waals surface area contributed by atoms with Gasteiger partial charge in [-0.25, -0.2) is 10.0 Å². The van der Waals surface area contributed by atoms with E-state index in [9.17, 15) is 9.59 Å². The van der Waals surface area contributed by atoms with Gasteiger partial charge in [0.25, 0.3) is 11.8 Å². The predicted molar refractivity (Wildman–Crippen MR) is 166 cm³/mol. The Morgan fingerprint density at radius 2 is 1.22 bits per heavy atom. The molecule has 5 nitrogen and oxygen atoms in total. The Kier molecular flexibility index (Phi) is 5.58. The average molecular weight is 536 g/mol. The first-order chi connectivity index (χ1) is 19.9. The Morgan fingerprint density at radius 3 is 1.85 bits per heavy atom. The summed E-state index contributed by atoms with van der Waals surface area (Å²) in [5, 5.41) is 5.14. The van der Waals surface area contributed by atoms with Crippen LogP contribution in [0.25, 0.3) is 16.8 Å². The summed E-state index contributed by atoms with van der Waals surface area (Å²) >= 11 is 0. The van der Waals surface area contributed by atoms with Crippen molar-refractivity contribution in [3.05, 3.63) is 138 Å². The molecule has 0 aromatic heterocycles. The van der Waals surface area contributed by atoms with Crippen molar-refractivity contribution >= 4 is 51.4 Å². The zero-order chi connectivity index (χ0) is 28.3. The van der Waals surface area contributed by atoms with Gasteiger partial charge < -0.3 is 4.90 Å². The topological polar surface area (TPSA) is 43.9 Å². The van der Waals surface area contributed by atoms with E-state index in [1.54, 1.807) is 6.08 Å². The Bertz CT molecular complexity index is 1820. The number of anilines is 4. The third kappa shape index (κ3) is 3.77. The zero-order valence-corrected chi connectivity index (χ0v) is 23.2. The van der Waals surface area contributed by atoms with Crippen molar-refractivity contribution in [2.45, 2.75) is 19.3 Å². The van der Waals surface area contributed by atoms with Crippen LogP contribution in [0.1, 0.15) is 30.5 Å². The van der Waals surface area contributed by atoms with Gasteiger partial charge in [-0.2, -0.15) is 0 Å². The summed E-state index contributed by atoms with van der Waals surface area (Å²) in [4.78, 5) is 29.8. The minimum atomic E-state index is -0.352. The van der Waals surface area contributed by atoms with Crippen LogP contribution >= 0.6 is 0 Å². The molecule has 5 aromatic carbocycles. The number of carbonyl (C=O) groups is 2. The van der Waals surface area contributed by atoms with Gasteiger partial charge in [-0.3, -0.25) is 9.59 Å². The third-order valence-corrected chi connectivity index (χ3v) is 8.31. The first-order valence-electron chi connectivity index (χ1n) is 13.8. The van der Waals surface area contributed by atoms with Gasteiger partial charge in [0.05, 0.1) is 11.4 Å². The molecule has 2 aliphatic rings. The van der Waals surface area contributed by atoms with Gasteiger partial charge in [-0.15, -0.1) is 0 Å². The van der Waals surface area contributed by atoms with Gasteiger partial charge in [0.15, 0.2) is 0 Å². The summed E-state index contributed by atoms with van der Waals surface area (Å²) in [6.07, 6.45) is 1.72. The van der Waals surface area contributed by atoms with E-state index in [4.69, 9.17) is 0 Å². The van der Waals surface area contributed by atoms with E-state index in [2.05, 4.69) is 74.3 Å². The molecule has 2 amide bonds. The van der Waals surface area contributed by atoms with Crippen LogP contribution in [0.2, 0.25) is 0 Å². The lowest BCUT2D eigenvalue weighted by molar-refractivity contribution is -0.116. The van der Waals surface area contributed by atoms with Crippen molar-refractivity contribution in [2.75, 3.05) is 22.0 Å². The van der Waals surface area contributed by atoms with Gasteiger partial charge in [0.1, 0.15) is 5.57 Å². The maximum Gasteiger partial charge on any atom is 0.283 e. The van der Waals surface area contributed by atoms with Gasteiger partial charge in [0, 0.05) is 23.8 Å². The lowest BCUT2D eigenvalue weighted by Crippen LogP contribution is -2.41. The van der Waals surface area contributed by atoms with Crippen molar-refractivity contribution < 1.29 is 9.59 Å². The molecule has 0 bridgehead atoms. The quantitative estimate of drug-likeness (QED) is 0.176. The fraction of sp³-hybridized carbons (Fsp3) is 0.111. The minimum Gasteiger partial charge on any atom is -0.344 e. The second-order valence-electron chi connectivity index (χ2n) is 11.1. The third-order valence-electron chi connectivity index (χ3n) is 8.31. The van der Waals surface area contributed by atoms with Crippen molar-refractivity contribution in [1.29, 1.82) is 0 Å². The standard InChI is InChI=1S/C36H29N3O2/c1-36(2)30-16-10-11-17-31(30)37(3)32-21-19-25-22-24(18-20-28(25)33(32)36)23-29-34(40)38(26-12-6-4-7-13-26)39(35(29)41)27-14-8-5-9-15-27/h4-23H,1-3H3. The second-order valence-corrected chi connectivity index (χ2v) is 11.1. The molecule has 1 saturated heterocycles. The number of para-hydroxylation sites is 3. The smallest absolute Gasteiger partial charge is 0.283 e. The van der Waals surface area contributed by atoms with E-state index in [1.807, 2.05) is 66.7 Å². The number of carbonyl (C=O) groups excluding carboxylic acids is 2. The number of benzene rings is 5. The van der Waals surface area contributed by atoms with E-state index >= 15 is 0 Å². The lowest BCUT2D eigenvalue weighted by Gasteiger charge is -2.41. The first-order valence-corrected chi connectivity index (χ1v) is 13.8. The van der Waals surface area contributed by atoms with Crippen molar-refractivity contribution in [3.8, 4) is 0 Å². The van der Waals surface area contributed by atoms with Crippen LogP contribution in [0, 0.1) is 0 Å². The van der Waals surface area contributed by atoms with Crippen molar-refractivity contribution in [2.24, 2.45) is 0 Å². The van der Waals surface area contributed by atoms with Gasteiger partial charge in [0.2, 0.25) is 0 Å². The summed E-state index contributed by atoms with van der Waals surface area (Å²) in [6.45, 7) is 4.55. The minimum absolute atomic E-state index is 0.129. The maximum absolute atomic E-state index is 13.8. The van der Waals surface area contributed by atoms with Crippen molar-refractivity contribution in [1.82, 2.24) is 0 Å². The van der Waals surface area contributed by atoms with Crippen LogP contribution in [-0.4, -0.2) is 18.9 Å². The summed E-state index contributed by atoms with van der Waals surface area (Å²) in [6, 6.07) is 37.6. The number of amides is 2. The second kappa shape index (κ2) is 9.20. The van der Waals surface area contributed by atoms with Gasteiger partial charge in [-0.05, 0) is 76.0 Å². The molecule has 5 heteroatoms. The molecule has 0 aliphatic carbocycles. The monoisotopic (exact) mass is 535 g/mol. The van der Waals surface area contributed by atoms with Crippen LogP contribution < -0.4 is 14.9 Å². The average Bonchev–Trinajstić information content (AvgIpc) is 3.25. The molecule has 1 fully saturated rings. The number of hydrazine groups is 1. The highest BCUT2D eigenvalue weighted by Gasteiger charge is 2.43. The molecule has 0 spiro atoms. The van der Waals surface area contributed by atoms with Gasteiger partial charge in [-0.1, -0.05) is 86.6 Å². The largest absolute Gasteiger partial charge is 0.344 e. The molecule has 0 radical (unpaired) electrons. The first kappa shape index (κ1) is 24.9. The zero-order valence-electron chi connectivity index (χ0n) is 23.2. The number of fused-ring (bicyclic) bond motifs is 4. The number of hydrogen-bond acceptors (Lipinski definition) is 3. The highest BCUT2D eigenvalue weighted by atomic mass is 16.2. The molecule has 7 rings (SSSR count). The molecule has 2 heterocycles. The van der Waals surface area contributed by atoms with Crippen LogP contribution in [0.5, 0.6) is 0 Å². The summed E-state index contributed by atoms with van der Waals surface area (Å²) in [5.74, 6) is -0.704. The summed E-state index contributed by atoms with van der Waals surface area (Å²) in [5.41, 5.74) is 6.97. The highest BCUT2D eigenvalue weighted by Crippen LogP contribution is 2.50. The fourth-order valence-corrected chi connectivity index (χ4v) is 6.32. The number of hydrogen-bond donors (Lipinski definition) is 0. The van der Waals surface area contributed by atoms with Gasteiger partial charge >= 0.3 is 0 Å². The molecular weight excluding hydrogens is 506 g/mol. The maximum atomic E-state index is 13.8. The molecule has 200 valence electrons. The number of rotatable bonds is 3.